The summed E-state index contributed by atoms with van der Waals surface area (Å²) in [6, 6.07) is 32.7. The topological polar surface area (TPSA) is 89.7 Å². The quantitative estimate of drug-likeness (QED) is 0.158. The first-order valence-corrected chi connectivity index (χ1v) is 15.1. The third-order valence-corrected chi connectivity index (χ3v) is 8.12. The summed E-state index contributed by atoms with van der Waals surface area (Å²) in [6.45, 7) is 2.78. The van der Waals surface area contributed by atoms with Gasteiger partial charge in [-0.2, -0.15) is 0 Å². The van der Waals surface area contributed by atoms with Crippen molar-refractivity contribution in [3.05, 3.63) is 144 Å². The van der Waals surface area contributed by atoms with Crippen LogP contribution in [-0.4, -0.2) is 39.7 Å². The summed E-state index contributed by atoms with van der Waals surface area (Å²) in [7, 11) is 1.72. The number of aliphatic hydroxyl groups is 1. The van der Waals surface area contributed by atoms with Crippen molar-refractivity contribution in [3.63, 3.8) is 0 Å². The van der Waals surface area contributed by atoms with Gasteiger partial charge in [0.05, 0.1) is 35.6 Å². The van der Waals surface area contributed by atoms with E-state index in [0.29, 0.717) is 29.3 Å². The number of benzene rings is 4. The normalized spacial score (nSPS) is 14.7. The lowest BCUT2D eigenvalue weighted by atomic mass is 9.96. The Labute approximate surface area is 263 Å². The zero-order valence-electron chi connectivity index (χ0n) is 25.4. The summed E-state index contributed by atoms with van der Waals surface area (Å²) in [4.78, 5) is 15.4. The van der Waals surface area contributed by atoms with Crippen LogP contribution >= 0.6 is 0 Å². The minimum absolute atomic E-state index is 0.0243. The van der Waals surface area contributed by atoms with Crippen LogP contribution in [0.1, 0.15) is 52.5 Å². The first-order valence-electron chi connectivity index (χ1n) is 15.1. The molecule has 1 N–H and O–H groups in total. The fourth-order valence-corrected chi connectivity index (χ4v) is 5.79. The van der Waals surface area contributed by atoms with Crippen molar-refractivity contribution in [1.29, 1.82) is 0 Å². The molecule has 0 saturated carbocycles. The second-order valence-electron chi connectivity index (χ2n) is 11.1. The van der Waals surface area contributed by atoms with E-state index in [-0.39, 0.29) is 30.5 Å². The van der Waals surface area contributed by atoms with Gasteiger partial charge in [-0.25, -0.2) is 0 Å². The van der Waals surface area contributed by atoms with E-state index in [0.717, 1.165) is 28.9 Å². The number of allylic oxidation sites excluding steroid dienone is 1. The number of hydrogen-bond donors (Lipinski definition) is 1. The Morgan fingerprint density at radius 1 is 0.889 bits per heavy atom. The van der Waals surface area contributed by atoms with Crippen LogP contribution in [0.25, 0.3) is 0 Å². The van der Waals surface area contributed by atoms with Crippen molar-refractivity contribution >= 4 is 17.3 Å². The highest BCUT2D eigenvalue weighted by Gasteiger charge is 2.29. The largest absolute Gasteiger partial charge is 0.454 e. The van der Waals surface area contributed by atoms with E-state index in [4.69, 9.17) is 9.47 Å². The molecule has 1 aromatic heterocycles. The minimum Gasteiger partial charge on any atom is -0.454 e. The van der Waals surface area contributed by atoms with E-state index in [1.807, 2.05) is 108 Å². The molecule has 228 valence electrons. The molecule has 6 rings (SSSR count). The number of hydrogen-bond acceptors (Lipinski definition) is 6. The van der Waals surface area contributed by atoms with E-state index in [1.54, 1.807) is 18.1 Å². The highest BCUT2D eigenvalue weighted by atomic mass is 16.5. The predicted molar refractivity (Wildman–Crippen MR) is 174 cm³/mol. The summed E-state index contributed by atoms with van der Waals surface area (Å²) < 4.78 is 13.9. The molecule has 1 unspecified atom stereocenters. The number of nitrogens with zero attached hydrogens (tertiary/aromatic N) is 4. The lowest BCUT2D eigenvalue weighted by molar-refractivity contribution is 0.0741. The van der Waals surface area contributed by atoms with Gasteiger partial charge in [-0.3, -0.25) is 14.4 Å². The van der Waals surface area contributed by atoms with Gasteiger partial charge in [0.15, 0.2) is 5.75 Å². The van der Waals surface area contributed by atoms with Gasteiger partial charge in [0.1, 0.15) is 5.75 Å². The molecule has 0 radical (unpaired) electrons. The number of fused-ring (bicyclic) bond motifs is 2. The molecule has 1 aliphatic heterocycles. The van der Waals surface area contributed by atoms with Gasteiger partial charge >= 0.3 is 0 Å². The third kappa shape index (κ3) is 6.43. The molecule has 1 aliphatic rings. The van der Waals surface area contributed by atoms with Crippen molar-refractivity contribution in [2.24, 2.45) is 5.92 Å². The molecule has 5 aromatic rings. The van der Waals surface area contributed by atoms with Crippen molar-refractivity contribution < 1.29 is 19.4 Å². The molecule has 45 heavy (non-hydrogen) atoms. The van der Waals surface area contributed by atoms with Gasteiger partial charge in [0, 0.05) is 31.5 Å². The van der Waals surface area contributed by atoms with Crippen LogP contribution in [0.4, 0.5) is 11.4 Å². The second-order valence-corrected chi connectivity index (χ2v) is 11.1. The van der Waals surface area contributed by atoms with Crippen LogP contribution < -0.4 is 9.64 Å². The molecule has 4 aromatic carbocycles. The summed E-state index contributed by atoms with van der Waals surface area (Å²) in [5.41, 5.74) is 4.74. The van der Waals surface area contributed by atoms with Crippen LogP contribution in [0.2, 0.25) is 0 Å². The van der Waals surface area contributed by atoms with Crippen LogP contribution in [0.5, 0.6) is 11.5 Å². The molecule has 3 atom stereocenters. The standard InChI is InChI=1S/C37H36N4O4/c1-26(12-10-11-23-40-24-32(38-39-40)31(25-42)27-13-4-3-5-14-27)36(44-2)28-19-21-29(22-20-28)41-33-16-7-9-18-35(33)45-34-17-8-6-15-30(34)37(41)43/h3-10,12-22,24,26,31,36,42H,11,23,25H2,1-2H3/b12-10+/t26-,31?,36+/m1/s1. The molecule has 0 aliphatic carbocycles. The molecule has 8 nitrogen and oxygen atoms in total. The molecular formula is C37H36N4O4. The zero-order valence-corrected chi connectivity index (χ0v) is 25.4. The van der Waals surface area contributed by atoms with E-state index in [9.17, 15) is 9.90 Å². The summed E-state index contributed by atoms with van der Waals surface area (Å²) >= 11 is 0. The number of anilines is 2. The Balaban J connectivity index is 1.12. The maximum absolute atomic E-state index is 13.7. The van der Waals surface area contributed by atoms with Gasteiger partial charge in [-0.15, -0.1) is 5.10 Å². The minimum atomic E-state index is -0.194. The van der Waals surface area contributed by atoms with Crippen LogP contribution in [-0.2, 0) is 11.3 Å². The van der Waals surface area contributed by atoms with Crippen molar-refractivity contribution in [2.45, 2.75) is 31.9 Å². The van der Waals surface area contributed by atoms with Gasteiger partial charge in [0.25, 0.3) is 5.91 Å². The molecule has 2 heterocycles. The average molecular weight is 601 g/mol. The molecule has 1 amide bonds. The number of carbonyl (C=O) groups excluding carboxylic acids is 1. The Kier molecular flexibility index (Phi) is 9.14. The number of para-hydroxylation sites is 3. The maximum Gasteiger partial charge on any atom is 0.266 e. The fourth-order valence-electron chi connectivity index (χ4n) is 5.79. The van der Waals surface area contributed by atoms with Crippen LogP contribution in [0, 0.1) is 5.92 Å². The number of aromatic nitrogens is 3. The number of ether oxygens (including phenoxy) is 2. The van der Waals surface area contributed by atoms with Gasteiger partial charge in [-0.1, -0.05) is 91.0 Å². The molecule has 0 spiro atoms. The van der Waals surface area contributed by atoms with Crippen molar-refractivity contribution in [2.75, 3.05) is 18.6 Å². The highest BCUT2D eigenvalue weighted by Crippen LogP contribution is 2.42. The number of aliphatic hydroxyl groups excluding tert-OH is 1. The molecule has 0 saturated heterocycles. The molecule has 8 heteroatoms. The maximum atomic E-state index is 13.7. The SMILES string of the molecule is CO[C@H](c1ccc(N2C(=O)c3ccccc3Oc3ccccc32)cc1)[C@H](C)/C=C/CCn1cc(C(CO)c2ccccc2)nn1. The molecule has 0 fully saturated rings. The number of amides is 1. The summed E-state index contributed by atoms with van der Waals surface area (Å²) in [5.74, 6) is 0.930. The first kappa shape index (κ1) is 30.0. The van der Waals surface area contributed by atoms with E-state index >= 15 is 0 Å². The van der Waals surface area contributed by atoms with Gasteiger partial charge in [-0.05, 0) is 53.9 Å². The van der Waals surface area contributed by atoms with Crippen molar-refractivity contribution in [3.8, 4) is 11.5 Å². The lowest BCUT2D eigenvalue weighted by Crippen LogP contribution is -2.25. The Bertz CT molecular complexity index is 1770. The fraction of sp³-hybridized carbons (Fsp3) is 0.216. The Morgan fingerprint density at radius 2 is 1.60 bits per heavy atom. The van der Waals surface area contributed by atoms with Crippen molar-refractivity contribution in [1.82, 2.24) is 15.0 Å². The zero-order chi connectivity index (χ0) is 31.2. The van der Waals surface area contributed by atoms with Crippen LogP contribution in [0.3, 0.4) is 0 Å². The van der Waals surface area contributed by atoms with E-state index in [2.05, 4.69) is 29.4 Å². The number of rotatable bonds is 11. The monoisotopic (exact) mass is 600 g/mol. The van der Waals surface area contributed by atoms with E-state index in [1.165, 1.54) is 0 Å². The third-order valence-electron chi connectivity index (χ3n) is 8.12. The van der Waals surface area contributed by atoms with E-state index < -0.39 is 0 Å². The number of aryl methyl sites for hydroxylation is 1. The second kappa shape index (κ2) is 13.7. The smallest absolute Gasteiger partial charge is 0.266 e. The Morgan fingerprint density at radius 3 is 2.36 bits per heavy atom. The lowest BCUT2D eigenvalue weighted by Gasteiger charge is -2.24. The average Bonchev–Trinajstić information content (AvgIpc) is 3.49. The first-order chi connectivity index (χ1) is 22.1. The number of carbonyl (C=O) groups is 1. The molecular weight excluding hydrogens is 564 g/mol. The molecule has 0 bridgehead atoms. The van der Waals surface area contributed by atoms with Crippen LogP contribution in [0.15, 0.2) is 121 Å². The Hall–Kier alpha value is -5.05. The number of methoxy groups -OCH3 is 1. The van der Waals surface area contributed by atoms with Gasteiger partial charge in [0.2, 0.25) is 0 Å². The summed E-state index contributed by atoms with van der Waals surface area (Å²) in [6.07, 6.45) is 6.81. The van der Waals surface area contributed by atoms with Gasteiger partial charge < -0.3 is 14.6 Å². The highest BCUT2D eigenvalue weighted by molar-refractivity contribution is 6.14. The summed E-state index contributed by atoms with van der Waals surface area (Å²) in [5, 5.41) is 18.5. The predicted octanol–water partition coefficient (Wildman–Crippen LogP) is 7.46.